The zero-order valence-corrected chi connectivity index (χ0v) is 21.3. The summed E-state index contributed by atoms with van der Waals surface area (Å²) in [5.41, 5.74) is 0.246. The second-order valence-corrected chi connectivity index (χ2v) is 8.48. The number of amides is 1. The zero-order chi connectivity index (χ0) is 26.6. The standard InChI is InChI=1S/C26H32N2O8/c1-27(2)10-7-11-28-23(17-13-20(35-5)21(36-6)14-19(17)34-4)22(25(31)26(28)32)24(30)16-9-8-15(33-3)12-18(16)29/h8-9,12-14,23,29-30H,7,10-11H2,1-6H3/t23-/m0/s1. The molecule has 3 rings (SSSR count). The van der Waals surface area contributed by atoms with E-state index in [-0.39, 0.29) is 23.4 Å². The molecule has 0 saturated carbocycles. The number of Topliss-reactive ketones (excluding diaryl/α,β-unsaturated/α-hetero) is 1. The second kappa shape index (κ2) is 11.2. The number of carbonyl (C=O) groups is 2. The summed E-state index contributed by atoms with van der Waals surface area (Å²) in [5, 5.41) is 21.8. The van der Waals surface area contributed by atoms with Crippen LogP contribution in [0.5, 0.6) is 28.7 Å². The van der Waals surface area contributed by atoms with Crippen molar-refractivity contribution >= 4 is 17.4 Å². The zero-order valence-electron chi connectivity index (χ0n) is 21.3. The van der Waals surface area contributed by atoms with Crippen LogP contribution in [0.25, 0.3) is 5.76 Å². The number of methoxy groups -OCH3 is 4. The summed E-state index contributed by atoms with van der Waals surface area (Å²) in [5.74, 6) is -0.975. The van der Waals surface area contributed by atoms with Gasteiger partial charge in [0.25, 0.3) is 11.7 Å². The molecule has 2 N–H and O–H groups in total. The van der Waals surface area contributed by atoms with Gasteiger partial charge in [0.15, 0.2) is 11.5 Å². The maximum Gasteiger partial charge on any atom is 0.295 e. The maximum atomic E-state index is 13.3. The van der Waals surface area contributed by atoms with E-state index in [1.165, 1.54) is 51.5 Å². The predicted octanol–water partition coefficient (Wildman–Crippen LogP) is 2.80. The fourth-order valence-corrected chi connectivity index (χ4v) is 4.24. The van der Waals surface area contributed by atoms with Gasteiger partial charge in [-0.05, 0) is 45.3 Å². The van der Waals surface area contributed by atoms with Gasteiger partial charge in [0.2, 0.25) is 0 Å². The third kappa shape index (κ3) is 5.03. The molecule has 1 fully saturated rings. The van der Waals surface area contributed by atoms with E-state index in [0.717, 1.165) is 0 Å². The Labute approximate surface area is 210 Å². The maximum absolute atomic E-state index is 13.3. The number of hydrogen-bond donors (Lipinski definition) is 2. The number of phenolic OH excluding ortho intramolecular Hbond substituents is 1. The summed E-state index contributed by atoms with van der Waals surface area (Å²) >= 11 is 0. The van der Waals surface area contributed by atoms with Crippen LogP contribution in [0.4, 0.5) is 0 Å². The molecule has 0 spiro atoms. The van der Waals surface area contributed by atoms with Gasteiger partial charge in [-0.2, -0.15) is 0 Å². The monoisotopic (exact) mass is 500 g/mol. The molecule has 1 amide bonds. The number of likely N-dealkylation sites (tertiary alicyclic amines) is 1. The summed E-state index contributed by atoms with van der Waals surface area (Å²) < 4.78 is 21.5. The molecule has 0 unspecified atom stereocenters. The molecule has 0 aliphatic carbocycles. The van der Waals surface area contributed by atoms with Crippen molar-refractivity contribution in [3.05, 3.63) is 47.0 Å². The molecule has 0 bridgehead atoms. The number of nitrogens with zero attached hydrogens (tertiary/aromatic N) is 2. The summed E-state index contributed by atoms with van der Waals surface area (Å²) in [4.78, 5) is 29.9. The van der Waals surface area contributed by atoms with Gasteiger partial charge in [-0.1, -0.05) is 0 Å². The number of phenols is 1. The van der Waals surface area contributed by atoms with Crippen molar-refractivity contribution in [2.75, 3.05) is 55.6 Å². The fourth-order valence-electron chi connectivity index (χ4n) is 4.24. The topological polar surface area (TPSA) is 118 Å². The van der Waals surface area contributed by atoms with E-state index >= 15 is 0 Å². The highest BCUT2D eigenvalue weighted by Gasteiger charge is 2.47. The molecule has 1 saturated heterocycles. The lowest BCUT2D eigenvalue weighted by Crippen LogP contribution is -2.32. The number of aromatic hydroxyl groups is 1. The lowest BCUT2D eigenvalue weighted by Gasteiger charge is -2.28. The first-order valence-electron chi connectivity index (χ1n) is 11.3. The third-order valence-electron chi connectivity index (χ3n) is 6.03. The lowest BCUT2D eigenvalue weighted by molar-refractivity contribution is -0.140. The number of aliphatic hydroxyl groups excluding tert-OH is 1. The number of hydrogen-bond acceptors (Lipinski definition) is 9. The molecule has 2 aromatic carbocycles. The van der Waals surface area contributed by atoms with Crippen LogP contribution >= 0.6 is 0 Å². The molecule has 10 nitrogen and oxygen atoms in total. The van der Waals surface area contributed by atoms with Crippen molar-refractivity contribution in [2.45, 2.75) is 12.5 Å². The first-order valence-corrected chi connectivity index (χ1v) is 11.3. The Bertz CT molecular complexity index is 1170. The van der Waals surface area contributed by atoms with Crippen molar-refractivity contribution < 1.29 is 38.7 Å². The van der Waals surface area contributed by atoms with Crippen molar-refractivity contribution in [1.29, 1.82) is 0 Å². The molecular formula is C26H32N2O8. The molecule has 194 valence electrons. The van der Waals surface area contributed by atoms with Crippen LogP contribution in [0.3, 0.4) is 0 Å². The minimum atomic E-state index is -0.997. The van der Waals surface area contributed by atoms with Gasteiger partial charge in [-0.3, -0.25) is 9.59 Å². The molecule has 1 heterocycles. The Morgan fingerprint density at radius 1 is 0.944 bits per heavy atom. The molecule has 36 heavy (non-hydrogen) atoms. The average Bonchev–Trinajstić information content (AvgIpc) is 3.11. The van der Waals surface area contributed by atoms with Crippen molar-refractivity contribution in [2.24, 2.45) is 0 Å². The van der Waals surface area contributed by atoms with Crippen LogP contribution in [0.2, 0.25) is 0 Å². The number of ketones is 1. The van der Waals surface area contributed by atoms with Crippen molar-refractivity contribution in [3.63, 3.8) is 0 Å². The lowest BCUT2D eigenvalue weighted by atomic mass is 9.93. The molecule has 2 aromatic rings. The van der Waals surface area contributed by atoms with Gasteiger partial charge in [-0.15, -0.1) is 0 Å². The highest BCUT2D eigenvalue weighted by Crippen LogP contribution is 2.47. The van der Waals surface area contributed by atoms with Crippen LogP contribution in [0.1, 0.15) is 23.6 Å². The van der Waals surface area contributed by atoms with Crippen LogP contribution in [-0.2, 0) is 9.59 Å². The molecule has 1 atom stereocenters. The molecular weight excluding hydrogens is 468 g/mol. The number of carbonyl (C=O) groups excluding carboxylic acids is 2. The fraction of sp³-hybridized carbons (Fsp3) is 0.385. The van der Waals surface area contributed by atoms with Gasteiger partial charge in [0.1, 0.15) is 23.0 Å². The van der Waals surface area contributed by atoms with E-state index in [2.05, 4.69) is 0 Å². The van der Waals surface area contributed by atoms with E-state index in [1.807, 2.05) is 19.0 Å². The highest BCUT2D eigenvalue weighted by atomic mass is 16.5. The number of benzene rings is 2. The Hall–Kier alpha value is -3.92. The van der Waals surface area contributed by atoms with Crippen LogP contribution in [0, 0.1) is 0 Å². The Balaban J connectivity index is 2.26. The van der Waals surface area contributed by atoms with Crippen molar-refractivity contribution in [1.82, 2.24) is 9.80 Å². The Morgan fingerprint density at radius 3 is 2.14 bits per heavy atom. The quantitative estimate of drug-likeness (QED) is 0.288. The number of aliphatic hydroxyl groups is 1. The van der Waals surface area contributed by atoms with Gasteiger partial charge >= 0.3 is 0 Å². The van der Waals surface area contributed by atoms with Crippen molar-refractivity contribution in [3.8, 4) is 28.7 Å². The first kappa shape index (κ1) is 26.7. The molecule has 0 radical (unpaired) electrons. The minimum Gasteiger partial charge on any atom is -0.507 e. The smallest absolute Gasteiger partial charge is 0.295 e. The van der Waals surface area contributed by atoms with Gasteiger partial charge in [0.05, 0.1) is 45.6 Å². The minimum absolute atomic E-state index is 0.00784. The largest absolute Gasteiger partial charge is 0.507 e. The first-order chi connectivity index (χ1) is 17.2. The molecule has 1 aliphatic heterocycles. The number of rotatable bonds is 10. The molecule has 10 heteroatoms. The summed E-state index contributed by atoms with van der Waals surface area (Å²) in [6.45, 7) is 0.925. The normalized spacial score (nSPS) is 17.0. The van der Waals surface area contributed by atoms with E-state index in [9.17, 15) is 19.8 Å². The summed E-state index contributed by atoms with van der Waals surface area (Å²) in [6.07, 6.45) is 0.583. The predicted molar refractivity (Wildman–Crippen MR) is 133 cm³/mol. The van der Waals surface area contributed by atoms with Gasteiger partial charge in [-0.25, -0.2) is 0 Å². The van der Waals surface area contributed by atoms with E-state index in [4.69, 9.17) is 18.9 Å². The van der Waals surface area contributed by atoms with Crippen LogP contribution in [-0.4, -0.2) is 87.3 Å². The highest BCUT2D eigenvalue weighted by molar-refractivity contribution is 6.46. The average molecular weight is 501 g/mol. The Kier molecular flexibility index (Phi) is 8.31. The summed E-state index contributed by atoms with van der Waals surface area (Å²) in [6, 6.07) is 6.49. The van der Waals surface area contributed by atoms with Gasteiger partial charge in [0, 0.05) is 24.2 Å². The molecule has 1 aliphatic rings. The SMILES string of the molecule is COc1ccc(C(O)=C2C(=O)C(=O)N(CCCN(C)C)[C@H]2c2cc(OC)c(OC)cc2OC)c(O)c1. The molecule has 0 aromatic heterocycles. The van der Waals surface area contributed by atoms with Gasteiger partial charge < -0.3 is 39.0 Å². The van der Waals surface area contributed by atoms with Crippen LogP contribution < -0.4 is 18.9 Å². The summed E-state index contributed by atoms with van der Waals surface area (Å²) in [7, 11) is 9.67. The number of ether oxygens (including phenoxy) is 4. The van der Waals surface area contributed by atoms with E-state index in [1.54, 1.807) is 12.1 Å². The van der Waals surface area contributed by atoms with E-state index < -0.39 is 23.5 Å². The van der Waals surface area contributed by atoms with Crippen LogP contribution in [0.15, 0.2) is 35.9 Å². The second-order valence-electron chi connectivity index (χ2n) is 8.48. The Morgan fingerprint density at radius 2 is 1.58 bits per heavy atom. The van der Waals surface area contributed by atoms with E-state index in [0.29, 0.717) is 41.5 Å². The third-order valence-corrected chi connectivity index (χ3v) is 6.03.